The summed E-state index contributed by atoms with van der Waals surface area (Å²) in [6.07, 6.45) is 9.98. The lowest BCUT2D eigenvalue weighted by Crippen LogP contribution is -2.23. The predicted molar refractivity (Wildman–Crippen MR) is 43.3 cm³/mol. The van der Waals surface area contributed by atoms with Gasteiger partial charge in [0.1, 0.15) is 0 Å². The molecule has 0 amide bonds. The largest absolute Gasteiger partial charge is 0.271 e. The Morgan fingerprint density at radius 1 is 1.60 bits per heavy atom. The summed E-state index contributed by atoms with van der Waals surface area (Å²) in [6.45, 7) is 0.889. The minimum atomic E-state index is 0.889. The highest BCUT2D eigenvalue weighted by atomic mass is 15.2. The van der Waals surface area contributed by atoms with Crippen LogP contribution in [0.2, 0.25) is 0 Å². The number of hydrogen-bond acceptors (Lipinski definition) is 2. The first-order chi connectivity index (χ1) is 4.93. The molecular formula is C8H14N2. The number of hydrazine groups is 1. The van der Waals surface area contributed by atoms with Gasteiger partial charge < -0.3 is 0 Å². The van der Waals surface area contributed by atoms with Gasteiger partial charge in [0.2, 0.25) is 0 Å². The third-order valence-corrected chi connectivity index (χ3v) is 1.69. The second-order valence-corrected chi connectivity index (χ2v) is 2.50. The molecule has 56 valence electrons. The van der Waals surface area contributed by atoms with Gasteiger partial charge in [-0.3, -0.25) is 11.3 Å². The van der Waals surface area contributed by atoms with Gasteiger partial charge in [-0.15, -0.1) is 0 Å². The second-order valence-electron chi connectivity index (χ2n) is 2.50. The lowest BCUT2D eigenvalue weighted by atomic mass is 10.0. The molecule has 0 spiro atoms. The predicted octanol–water partition coefficient (Wildman–Crippen LogP) is 1.12. The molecule has 0 radical (unpaired) electrons. The van der Waals surface area contributed by atoms with E-state index in [4.69, 9.17) is 5.84 Å². The van der Waals surface area contributed by atoms with Crippen LogP contribution in [0, 0.1) is 0 Å². The van der Waals surface area contributed by atoms with E-state index < -0.39 is 0 Å². The molecule has 1 aliphatic carbocycles. The summed E-state index contributed by atoms with van der Waals surface area (Å²) in [4.78, 5) is 0. The van der Waals surface area contributed by atoms with Gasteiger partial charge in [-0.25, -0.2) is 0 Å². The van der Waals surface area contributed by atoms with Crippen LogP contribution in [-0.4, -0.2) is 6.54 Å². The van der Waals surface area contributed by atoms with Gasteiger partial charge in [0.15, 0.2) is 0 Å². The highest BCUT2D eigenvalue weighted by Crippen LogP contribution is 2.13. The van der Waals surface area contributed by atoms with Crippen LogP contribution >= 0.6 is 0 Å². The van der Waals surface area contributed by atoms with Crippen LogP contribution < -0.4 is 11.3 Å². The summed E-state index contributed by atoms with van der Waals surface area (Å²) < 4.78 is 0. The topological polar surface area (TPSA) is 38.0 Å². The molecule has 0 saturated heterocycles. The standard InChI is InChI=1S/C8H14N2/c9-10-7-6-8-4-2-1-3-5-8/h1-2,4,10H,3,5-7,9H2. The molecule has 0 aliphatic heterocycles. The molecule has 0 heterocycles. The zero-order valence-corrected chi connectivity index (χ0v) is 6.14. The fourth-order valence-electron chi connectivity index (χ4n) is 1.09. The van der Waals surface area contributed by atoms with E-state index in [1.807, 2.05) is 0 Å². The molecule has 1 rings (SSSR count). The first kappa shape index (κ1) is 7.51. The highest BCUT2D eigenvalue weighted by Gasteiger charge is 1.97. The van der Waals surface area contributed by atoms with Crippen molar-refractivity contribution >= 4 is 0 Å². The monoisotopic (exact) mass is 138 g/mol. The molecule has 0 aromatic carbocycles. The summed E-state index contributed by atoms with van der Waals surface area (Å²) in [5.74, 6) is 5.15. The Labute approximate surface area is 61.8 Å². The van der Waals surface area contributed by atoms with E-state index in [0.717, 1.165) is 13.0 Å². The Hall–Kier alpha value is -0.600. The van der Waals surface area contributed by atoms with Gasteiger partial charge in [-0.2, -0.15) is 0 Å². The molecule has 2 heteroatoms. The Morgan fingerprint density at radius 3 is 3.10 bits per heavy atom. The molecule has 0 unspecified atom stereocenters. The third-order valence-electron chi connectivity index (χ3n) is 1.69. The molecule has 2 nitrogen and oxygen atoms in total. The average molecular weight is 138 g/mol. The van der Waals surface area contributed by atoms with Gasteiger partial charge >= 0.3 is 0 Å². The molecule has 0 aromatic rings. The first-order valence-corrected chi connectivity index (χ1v) is 3.71. The van der Waals surface area contributed by atoms with Crippen LogP contribution in [0.5, 0.6) is 0 Å². The average Bonchev–Trinajstić information content (AvgIpc) is 2.03. The maximum Gasteiger partial charge on any atom is 0.0135 e. The van der Waals surface area contributed by atoms with Gasteiger partial charge in [0.05, 0.1) is 0 Å². The summed E-state index contributed by atoms with van der Waals surface area (Å²) in [6, 6.07) is 0. The van der Waals surface area contributed by atoms with Gasteiger partial charge in [-0.1, -0.05) is 23.8 Å². The summed E-state index contributed by atoms with van der Waals surface area (Å²) >= 11 is 0. The quantitative estimate of drug-likeness (QED) is 0.453. The molecule has 10 heavy (non-hydrogen) atoms. The number of allylic oxidation sites excluding steroid dienone is 3. The van der Waals surface area contributed by atoms with E-state index in [-0.39, 0.29) is 0 Å². The maximum atomic E-state index is 5.15. The van der Waals surface area contributed by atoms with Crippen LogP contribution in [0.3, 0.4) is 0 Å². The van der Waals surface area contributed by atoms with Crippen molar-refractivity contribution in [3.05, 3.63) is 23.8 Å². The molecule has 0 aromatic heterocycles. The number of nitrogens with one attached hydrogen (secondary N) is 1. The van der Waals surface area contributed by atoms with Crippen molar-refractivity contribution < 1.29 is 0 Å². The number of nitrogens with two attached hydrogens (primary N) is 1. The van der Waals surface area contributed by atoms with Crippen LogP contribution in [0.25, 0.3) is 0 Å². The van der Waals surface area contributed by atoms with Crippen molar-refractivity contribution in [2.24, 2.45) is 5.84 Å². The Kier molecular flexibility index (Phi) is 3.19. The SMILES string of the molecule is NNCCC1=CC=CCC1. The van der Waals surface area contributed by atoms with Crippen molar-refractivity contribution in [1.29, 1.82) is 0 Å². The van der Waals surface area contributed by atoms with Crippen molar-refractivity contribution in [1.82, 2.24) is 5.43 Å². The lowest BCUT2D eigenvalue weighted by molar-refractivity contribution is 0.705. The van der Waals surface area contributed by atoms with Gasteiger partial charge in [0.25, 0.3) is 0 Å². The Balaban J connectivity index is 2.25. The van der Waals surface area contributed by atoms with Crippen molar-refractivity contribution in [3.8, 4) is 0 Å². The number of hydrogen-bond donors (Lipinski definition) is 2. The minimum absolute atomic E-state index is 0.889. The van der Waals surface area contributed by atoms with Crippen LogP contribution in [0.4, 0.5) is 0 Å². The van der Waals surface area contributed by atoms with E-state index >= 15 is 0 Å². The summed E-state index contributed by atoms with van der Waals surface area (Å²) in [5.41, 5.74) is 4.15. The zero-order valence-electron chi connectivity index (χ0n) is 6.14. The summed E-state index contributed by atoms with van der Waals surface area (Å²) in [7, 11) is 0. The summed E-state index contributed by atoms with van der Waals surface area (Å²) in [5, 5.41) is 0. The third kappa shape index (κ3) is 2.33. The molecule has 0 saturated carbocycles. The first-order valence-electron chi connectivity index (χ1n) is 3.71. The smallest absolute Gasteiger partial charge is 0.0135 e. The van der Waals surface area contributed by atoms with Crippen LogP contribution in [0.1, 0.15) is 19.3 Å². The van der Waals surface area contributed by atoms with E-state index in [9.17, 15) is 0 Å². The lowest BCUT2D eigenvalue weighted by Gasteiger charge is -2.07. The van der Waals surface area contributed by atoms with E-state index in [1.165, 1.54) is 18.4 Å². The van der Waals surface area contributed by atoms with Crippen LogP contribution in [-0.2, 0) is 0 Å². The fourth-order valence-corrected chi connectivity index (χ4v) is 1.09. The van der Waals surface area contributed by atoms with Crippen molar-refractivity contribution in [2.45, 2.75) is 19.3 Å². The van der Waals surface area contributed by atoms with Crippen molar-refractivity contribution in [3.63, 3.8) is 0 Å². The van der Waals surface area contributed by atoms with E-state index in [0.29, 0.717) is 0 Å². The molecule has 3 N–H and O–H groups in total. The highest BCUT2D eigenvalue weighted by molar-refractivity contribution is 5.17. The van der Waals surface area contributed by atoms with Crippen LogP contribution in [0.15, 0.2) is 23.8 Å². The van der Waals surface area contributed by atoms with Crippen molar-refractivity contribution in [2.75, 3.05) is 6.54 Å². The van der Waals surface area contributed by atoms with Gasteiger partial charge in [-0.05, 0) is 19.3 Å². The number of rotatable bonds is 3. The molecule has 0 fully saturated rings. The zero-order chi connectivity index (χ0) is 7.23. The molecule has 0 atom stereocenters. The van der Waals surface area contributed by atoms with E-state index in [1.54, 1.807) is 0 Å². The van der Waals surface area contributed by atoms with Gasteiger partial charge in [0, 0.05) is 6.54 Å². The molecule has 1 aliphatic rings. The maximum absolute atomic E-state index is 5.15. The molecule has 0 bridgehead atoms. The Bertz CT molecular complexity index is 147. The second kappa shape index (κ2) is 4.25. The minimum Gasteiger partial charge on any atom is -0.271 e. The fraction of sp³-hybridized carbons (Fsp3) is 0.500. The normalized spacial score (nSPS) is 17.1. The van der Waals surface area contributed by atoms with E-state index in [2.05, 4.69) is 23.7 Å². The molecular weight excluding hydrogens is 124 g/mol. The Morgan fingerprint density at radius 2 is 2.50 bits per heavy atom.